The molecule has 0 amide bonds. The largest absolute Gasteiger partial charge is 0.387 e. The zero-order valence-electron chi connectivity index (χ0n) is 12.5. The van der Waals surface area contributed by atoms with Gasteiger partial charge in [0.15, 0.2) is 0 Å². The minimum absolute atomic E-state index is 0.181. The molecule has 2 aromatic rings. The highest BCUT2D eigenvalue weighted by atomic mass is 35.5. The number of halogens is 1. The Morgan fingerprint density at radius 2 is 1.86 bits per heavy atom. The molecule has 1 heterocycles. The summed E-state index contributed by atoms with van der Waals surface area (Å²) in [5, 5.41) is 13.6. The number of rotatable bonds is 4. The van der Waals surface area contributed by atoms with Crippen molar-refractivity contribution in [1.82, 2.24) is 9.97 Å². The van der Waals surface area contributed by atoms with Crippen LogP contribution < -0.4 is 5.32 Å². The lowest BCUT2D eigenvalue weighted by Gasteiger charge is -2.18. The fraction of sp³-hybridized carbons (Fsp3) is 0.375. The first kappa shape index (κ1) is 15.7. The molecule has 0 fully saturated rings. The Morgan fingerprint density at radius 1 is 1.19 bits per heavy atom. The summed E-state index contributed by atoms with van der Waals surface area (Å²) < 4.78 is 0. The van der Waals surface area contributed by atoms with E-state index in [1.54, 1.807) is 6.07 Å². The van der Waals surface area contributed by atoms with Crippen LogP contribution in [0.4, 0.5) is 5.82 Å². The monoisotopic (exact) mass is 305 g/mol. The molecule has 0 bridgehead atoms. The van der Waals surface area contributed by atoms with Crippen LogP contribution in [0.25, 0.3) is 0 Å². The summed E-state index contributed by atoms with van der Waals surface area (Å²) in [6.07, 6.45) is -0.599. The van der Waals surface area contributed by atoms with Crippen molar-refractivity contribution in [3.05, 3.63) is 52.9 Å². The van der Waals surface area contributed by atoms with Crippen LogP contribution in [0, 0.1) is 0 Å². The summed E-state index contributed by atoms with van der Waals surface area (Å²) in [5.74, 6) is 1.29. The lowest BCUT2D eigenvalue weighted by atomic mass is 9.96. The Kier molecular flexibility index (Phi) is 4.80. The lowest BCUT2D eigenvalue weighted by Crippen LogP contribution is -2.19. The molecule has 0 aliphatic heterocycles. The maximum absolute atomic E-state index is 10.1. The van der Waals surface area contributed by atoms with E-state index < -0.39 is 6.10 Å². The molecular weight excluding hydrogens is 286 g/mol. The van der Waals surface area contributed by atoms with Gasteiger partial charge in [0.05, 0.1) is 6.10 Å². The molecule has 1 unspecified atom stereocenters. The molecule has 1 aromatic carbocycles. The van der Waals surface area contributed by atoms with Crippen LogP contribution in [-0.4, -0.2) is 21.6 Å². The molecule has 2 N–H and O–H groups in total. The van der Waals surface area contributed by atoms with Gasteiger partial charge in [-0.3, -0.25) is 0 Å². The van der Waals surface area contributed by atoms with E-state index in [1.807, 2.05) is 51.1 Å². The second-order valence-corrected chi connectivity index (χ2v) is 6.34. The number of hydrogen-bond donors (Lipinski definition) is 2. The topological polar surface area (TPSA) is 58.0 Å². The van der Waals surface area contributed by atoms with Crippen LogP contribution >= 0.6 is 11.6 Å². The van der Waals surface area contributed by atoms with Crippen molar-refractivity contribution in [2.24, 2.45) is 0 Å². The number of nitrogens with one attached hydrogen (secondary N) is 1. The number of anilines is 1. The van der Waals surface area contributed by atoms with Gasteiger partial charge in [0, 0.05) is 18.0 Å². The van der Waals surface area contributed by atoms with Crippen LogP contribution in [-0.2, 0) is 5.41 Å². The molecule has 0 saturated heterocycles. The van der Waals surface area contributed by atoms with Gasteiger partial charge in [-0.15, -0.1) is 0 Å². The summed E-state index contributed by atoms with van der Waals surface area (Å²) >= 11 is 6.03. The normalized spacial score (nSPS) is 13.0. The highest BCUT2D eigenvalue weighted by molar-refractivity contribution is 6.29. The van der Waals surface area contributed by atoms with Gasteiger partial charge >= 0.3 is 0 Å². The molecule has 21 heavy (non-hydrogen) atoms. The summed E-state index contributed by atoms with van der Waals surface area (Å²) in [4.78, 5) is 8.69. The van der Waals surface area contributed by atoms with Crippen molar-refractivity contribution in [3.63, 3.8) is 0 Å². The van der Waals surface area contributed by atoms with Gasteiger partial charge in [-0.2, -0.15) is 0 Å². The van der Waals surface area contributed by atoms with Crippen molar-refractivity contribution < 1.29 is 5.11 Å². The standard InChI is InChI=1S/C16H20ClN3O/c1-16(2,3)15-19-13(17)9-14(20-15)18-10-12(21)11-7-5-4-6-8-11/h4-9,12,21H,10H2,1-3H3,(H,18,19,20). The van der Waals surface area contributed by atoms with Gasteiger partial charge in [-0.1, -0.05) is 62.7 Å². The third kappa shape index (κ3) is 4.41. The number of nitrogens with zero attached hydrogens (tertiary/aromatic N) is 2. The first-order valence-corrected chi connectivity index (χ1v) is 7.26. The Bertz CT molecular complexity index is 596. The molecule has 1 atom stereocenters. The molecule has 0 aliphatic carbocycles. The molecule has 5 heteroatoms. The Morgan fingerprint density at radius 3 is 2.48 bits per heavy atom. The number of aliphatic hydroxyl groups is 1. The minimum Gasteiger partial charge on any atom is -0.387 e. The third-order valence-electron chi connectivity index (χ3n) is 3.03. The zero-order valence-corrected chi connectivity index (χ0v) is 13.2. The van der Waals surface area contributed by atoms with E-state index in [-0.39, 0.29) is 5.41 Å². The fourth-order valence-electron chi connectivity index (χ4n) is 1.84. The van der Waals surface area contributed by atoms with Crippen LogP contribution in [0.3, 0.4) is 0 Å². The average molecular weight is 306 g/mol. The van der Waals surface area contributed by atoms with E-state index >= 15 is 0 Å². The van der Waals surface area contributed by atoms with Crippen molar-refractivity contribution in [1.29, 1.82) is 0 Å². The highest BCUT2D eigenvalue weighted by Gasteiger charge is 2.19. The molecule has 112 valence electrons. The van der Waals surface area contributed by atoms with Crippen LogP contribution in [0.5, 0.6) is 0 Å². The number of aliphatic hydroxyl groups excluding tert-OH is 1. The van der Waals surface area contributed by atoms with Crippen molar-refractivity contribution in [3.8, 4) is 0 Å². The Labute approximate surface area is 130 Å². The van der Waals surface area contributed by atoms with E-state index in [9.17, 15) is 5.11 Å². The SMILES string of the molecule is CC(C)(C)c1nc(Cl)cc(NCC(O)c2ccccc2)n1. The molecule has 1 aromatic heterocycles. The minimum atomic E-state index is -0.599. The average Bonchev–Trinajstić information content (AvgIpc) is 2.44. The highest BCUT2D eigenvalue weighted by Crippen LogP contribution is 2.22. The summed E-state index contributed by atoms with van der Waals surface area (Å²) in [6, 6.07) is 11.2. The Hall–Kier alpha value is -1.65. The quantitative estimate of drug-likeness (QED) is 0.848. The lowest BCUT2D eigenvalue weighted by molar-refractivity contribution is 0.191. The maximum atomic E-state index is 10.1. The van der Waals surface area contributed by atoms with Gasteiger partial charge in [-0.25, -0.2) is 9.97 Å². The van der Waals surface area contributed by atoms with Crippen molar-refractivity contribution in [2.75, 3.05) is 11.9 Å². The molecular formula is C16H20ClN3O. The van der Waals surface area contributed by atoms with Gasteiger partial charge in [-0.05, 0) is 5.56 Å². The van der Waals surface area contributed by atoms with Gasteiger partial charge < -0.3 is 10.4 Å². The predicted octanol–water partition coefficient (Wildman–Crippen LogP) is 3.57. The van der Waals surface area contributed by atoms with Crippen LogP contribution in [0.1, 0.15) is 38.3 Å². The van der Waals surface area contributed by atoms with Crippen molar-refractivity contribution >= 4 is 17.4 Å². The van der Waals surface area contributed by atoms with E-state index in [4.69, 9.17) is 11.6 Å². The first-order valence-electron chi connectivity index (χ1n) is 6.88. The van der Waals surface area contributed by atoms with Gasteiger partial charge in [0.1, 0.15) is 16.8 Å². The summed E-state index contributed by atoms with van der Waals surface area (Å²) in [6.45, 7) is 6.45. The number of aromatic nitrogens is 2. The van der Waals surface area contributed by atoms with Gasteiger partial charge in [0.2, 0.25) is 0 Å². The van der Waals surface area contributed by atoms with E-state index in [0.29, 0.717) is 23.3 Å². The molecule has 2 rings (SSSR count). The molecule has 0 aliphatic rings. The van der Waals surface area contributed by atoms with Crippen LogP contribution in [0.15, 0.2) is 36.4 Å². The van der Waals surface area contributed by atoms with Crippen LogP contribution in [0.2, 0.25) is 5.15 Å². The fourth-order valence-corrected chi connectivity index (χ4v) is 2.02. The zero-order chi connectivity index (χ0) is 15.5. The smallest absolute Gasteiger partial charge is 0.137 e. The van der Waals surface area contributed by atoms with E-state index in [2.05, 4.69) is 15.3 Å². The second kappa shape index (κ2) is 6.41. The second-order valence-electron chi connectivity index (χ2n) is 5.96. The number of hydrogen-bond acceptors (Lipinski definition) is 4. The third-order valence-corrected chi connectivity index (χ3v) is 3.22. The van der Waals surface area contributed by atoms with Gasteiger partial charge in [0.25, 0.3) is 0 Å². The number of benzene rings is 1. The van der Waals surface area contributed by atoms with Crippen molar-refractivity contribution in [2.45, 2.75) is 32.3 Å². The van der Waals surface area contributed by atoms with E-state index in [0.717, 1.165) is 5.56 Å². The Balaban J connectivity index is 2.08. The van der Waals surface area contributed by atoms with E-state index in [1.165, 1.54) is 0 Å². The maximum Gasteiger partial charge on any atom is 0.137 e. The summed E-state index contributed by atoms with van der Waals surface area (Å²) in [7, 11) is 0. The molecule has 0 saturated carbocycles. The molecule has 0 spiro atoms. The molecule has 0 radical (unpaired) electrons. The predicted molar refractivity (Wildman–Crippen MR) is 85.6 cm³/mol. The first-order chi connectivity index (χ1) is 9.86. The summed E-state index contributed by atoms with van der Waals surface area (Å²) in [5.41, 5.74) is 0.681. The molecule has 4 nitrogen and oxygen atoms in total.